The van der Waals surface area contributed by atoms with Crippen LogP contribution in [0.4, 0.5) is 5.69 Å². The standard InChI is InChI=1S/C26H28N4O2/c1-16-10-17(19-11-20(13-28-4)24(27)22(12-19)26(2,3)32)7-8-18(16)14-30-15-23-21(25(30)31)6-5-9-29-23/h5-13,32H,14-15,27H2,1-4H3. The second-order valence-corrected chi connectivity index (χ2v) is 8.77. The molecule has 1 aliphatic heterocycles. The van der Waals surface area contributed by atoms with Gasteiger partial charge in [0.1, 0.15) is 0 Å². The fraction of sp³-hybridized carbons (Fsp3) is 0.269. The van der Waals surface area contributed by atoms with E-state index in [1.165, 1.54) is 0 Å². The maximum Gasteiger partial charge on any atom is 0.256 e. The van der Waals surface area contributed by atoms with Crippen LogP contribution in [0.15, 0.2) is 53.7 Å². The van der Waals surface area contributed by atoms with E-state index in [1.54, 1.807) is 39.4 Å². The summed E-state index contributed by atoms with van der Waals surface area (Å²) in [6, 6.07) is 13.8. The Morgan fingerprint density at radius 1 is 1.22 bits per heavy atom. The molecule has 0 saturated heterocycles. The van der Waals surface area contributed by atoms with Crippen LogP contribution in [0.2, 0.25) is 0 Å². The van der Waals surface area contributed by atoms with E-state index >= 15 is 0 Å². The number of aliphatic hydroxyl groups is 1. The number of aryl methyl sites for hydroxylation is 1. The lowest BCUT2D eigenvalue weighted by atomic mass is 9.89. The van der Waals surface area contributed by atoms with Gasteiger partial charge in [0.2, 0.25) is 0 Å². The van der Waals surface area contributed by atoms with Crippen molar-refractivity contribution in [1.82, 2.24) is 9.88 Å². The van der Waals surface area contributed by atoms with Gasteiger partial charge in [0.05, 0.1) is 23.4 Å². The van der Waals surface area contributed by atoms with E-state index in [9.17, 15) is 9.90 Å². The van der Waals surface area contributed by atoms with E-state index in [0.29, 0.717) is 29.9 Å². The van der Waals surface area contributed by atoms with E-state index in [4.69, 9.17) is 5.73 Å². The number of fused-ring (bicyclic) bond motifs is 1. The molecule has 6 nitrogen and oxygen atoms in total. The van der Waals surface area contributed by atoms with Gasteiger partial charge in [-0.05, 0) is 67.3 Å². The van der Waals surface area contributed by atoms with Crippen LogP contribution in [0.1, 0.15) is 52.2 Å². The number of carbonyl (C=O) groups excluding carboxylic acids is 1. The number of benzene rings is 2. The molecule has 1 aromatic heterocycles. The Morgan fingerprint density at radius 3 is 2.66 bits per heavy atom. The molecule has 0 saturated carbocycles. The van der Waals surface area contributed by atoms with Crippen molar-refractivity contribution in [1.29, 1.82) is 0 Å². The zero-order valence-electron chi connectivity index (χ0n) is 18.9. The first-order valence-electron chi connectivity index (χ1n) is 10.6. The number of hydrogen-bond acceptors (Lipinski definition) is 5. The predicted octanol–water partition coefficient (Wildman–Crippen LogP) is 4.07. The van der Waals surface area contributed by atoms with Gasteiger partial charge in [-0.1, -0.05) is 18.2 Å². The third-order valence-electron chi connectivity index (χ3n) is 5.92. The molecule has 0 fully saturated rings. The Balaban J connectivity index is 1.66. The molecular formula is C26H28N4O2. The van der Waals surface area contributed by atoms with Crippen molar-refractivity contribution in [3.05, 3.63) is 82.2 Å². The van der Waals surface area contributed by atoms with Crippen molar-refractivity contribution < 1.29 is 9.90 Å². The van der Waals surface area contributed by atoms with Crippen molar-refractivity contribution in [2.75, 3.05) is 12.8 Å². The van der Waals surface area contributed by atoms with E-state index in [1.807, 2.05) is 36.1 Å². The molecular weight excluding hydrogens is 400 g/mol. The van der Waals surface area contributed by atoms with Gasteiger partial charge < -0.3 is 15.7 Å². The smallest absolute Gasteiger partial charge is 0.256 e. The lowest BCUT2D eigenvalue weighted by Gasteiger charge is -2.23. The van der Waals surface area contributed by atoms with E-state index < -0.39 is 5.60 Å². The highest BCUT2D eigenvalue weighted by atomic mass is 16.3. The highest BCUT2D eigenvalue weighted by molar-refractivity contribution is 5.97. The number of nitrogen functional groups attached to an aromatic ring is 1. The highest BCUT2D eigenvalue weighted by Crippen LogP contribution is 2.34. The second-order valence-electron chi connectivity index (χ2n) is 8.77. The van der Waals surface area contributed by atoms with Crippen molar-refractivity contribution in [2.45, 2.75) is 39.5 Å². The maximum atomic E-state index is 12.7. The van der Waals surface area contributed by atoms with Gasteiger partial charge in [0.25, 0.3) is 5.91 Å². The Labute approximate surface area is 188 Å². The molecule has 3 N–H and O–H groups in total. The number of amides is 1. The third kappa shape index (κ3) is 4.01. The molecule has 0 aliphatic carbocycles. The highest BCUT2D eigenvalue weighted by Gasteiger charge is 2.28. The van der Waals surface area contributed by atoms with Gasteiger partial charge in [-0.25, -0.2) is 0 Å². The minimum Gasteiger partial charge on any atom is -0.398 e. The summed E-state index contributed by atoms with van der Waals surface area (Å²) >= 11 is 0. The number of rotatable bonds is 5. The Kier molecular flexibility index (Phi) is 5.57. The summed E-state index contributed by atoms with van der Waals surface area (Å²) in [5.74, 6) is 0.0217. The van der Waals surface area contributed by atoms with Gasteiger partial charge in [-0.15, -0.1) is 0 Å². The number of pyridine rings is 1. The summed E-state index contributed by atoms with van der Waals surface area (Å²) in [6.45, 7) is 6.56. The van der Waals surface area contributed by atoms with Gasteiger partial charge in [0, 0.05) is 42.8 Å². The number of carbonyl (C=O) groups is 1. The van der Waals surface area contributed by atoms with Crippen molar-refractivity contribution in [2.24, 2.45) is 4.99 Å². The average Bonchev–Trinajstić information content (AvgIpc) is 3.06. The van der Waals surface area contributed by atoms with Gasteiger partial charge in [-0.3, -0.25) is 14.8 Å². The van der Waals surface area contributed by atoms with E-state index in [0.717, 1.165) is 33.5 Å². The molecule has 2 aromatic carbocycles. The van der Waals surface area contributed by atoms with Crippen LogP contribution in [0.3, 0.4) is 0 Å². The number of hydrogen-bond donors (Lipinski definition) is 2. The number of nitrogens with zero attached hydrogens (tertiary/aromatic N) is 3. The monoisotopic (exact) mass is 428 g/mol. The van der Waals surface area contributed by atoms with Crippen LogP contribution in [-0.2, 0) is 18.7 Å². The molecule has 0 radical (unpaired) electrons. The molecule has 0 spiro atoms. The van der Waals surface area contributed by atoms with E-state index in [2.05, 4.69) is 22.1 Å². The van der Waals surface area contributed by atoms with Crippen molar-refractivity contribution in [3.8, 4) is 11.1 Å². The Hall–Kier alpha value is -3.51. The van der Waals surface area contributed by atoms with Gasteiger partial charge in [0.15, 0.2) is 0 Å². The molecule has 32 heavy (non-hydrogen) atoms. The molecule has 0 bridgehead atoms. The summed E-state index contributed by atoms with van der Waals surface area (Å²) in [5.41, 5.74) is 12.9. The number of anilines is 1. The molecule has 2 heterocycles. The molecule has 4 rings (SSSR count). The van der Waals surface area contributed by atoms with Crippen LogP contribution >= 0.6 is 0 Å². The Morgan fingerprint density at radius 2 is 2.00 bits per heavy atom. The zero-order valence-corrected chi connectivity index (χ0v) is 18.9. The average molecular weight is 429 g/mol. The fourth-order valence-corrected chi connectivity index (χ4v) is 4.16. The SMILES string of the molecule is CN=Cc1cc(-c2ccc(CN3Cc4ncccc4C3=O)c(C)c2)cc(C(C)(C)O)c1N. The van der Waals surface area contributed by atoms with E-state index in [-0.39, 0.29) is 5.91 Å². The zero-order chi connectivity index (χ0) is 23.0. The van der Waals surface area contributed by atoms with Crippen LogP contribution in [0.5, 0.6) is 0 Å². The first kappa shape index (κ1) is 21.7. The van der Waals surface area contributed by atoms with Crippen LogP contribution in [0.25, 0.3) is 11.1 Å². The predicted molar refractivity (Wildman–Crippen MR) is 128 cm³/mol. The number of aromatic nitrogens is 1. The molecule has 6 heteroatoms. The molecule has 164 valence electrons. The lowest BCUT2D eigenvalue weighted by Crippen LogP contribution is -2.23. The quantitative estimate of drug-likeness (QED) is 0.473. The van der Waals surface area contributed by atoms with Gasteiger partial charge in [-0.2, -0.15) is 0 Å². The maximum absolute atomic E-state index is 12.7. The van der Waals surface area contributed by atoms with Crippen LogP contribution < -0.4 is 5.73 Å². The minimum absolute atomic E-state index is 0.0217. The minimum atomic E-state index is -1.08. The summed E-state index contributed by atoms with van der Waals surface area (Å²) in [5, 5.41) is 10.6. The summed E-state index contributed by atoms with van der Waals surface area (Å²) in [4.78, 5) is 23.0. The lowest BCUT2D eigenvalue weighted by molar-refractivity contribution is 0.0764. The third-order valence-corrected chi connectivity index (χ3v) is 5.92. The van der Waals surface area contributed by atoms with Crippen LogP contribution in [0, 0.1) is 6.92 Å². The first-order chi connectivity index (χ1) is 15.2. The Bertz CT molecular complexity index is 1220. The largest absolute Gasteiger partial charge is 0.398 e. The molecule has 0 unspecified atom stereocenters. The van der Waals surface area contributed by atoms with Crippen molar-refractivity contribution >= 4 is 17.8 Å². The fourth-order valence-electron chi connectivity index (χ4n) is 4.16. The summed E-state index contributed by atoms with van der Waals surface area (Å²) in [6.07, 6.45) is 3.43. The molecule has 1 amide bonds. The molecule has 1 aliphatic rings. The summed E-state index contributed by atoms with van der Waals surface area (Å²) in [7, 11) is 1.70. The van der Waals surface area contributed by atoms with Crippen LogP contribution in [-0.4, -0.2) is 34.2 Å². The normalized spacial score (nSPS) is 13.8. The summed E-state index contributed by atoms with van der Waals surface area (Å²) < 4.78 is 0. The molecule has 3 aromatic rings. The molecule has 0 atom stereocenters. The first-order valence-corrected chi connectivity index (χ1v) is 10.6. The topological polar surface area (TPSA) is 91.8 Å². The van der Waals surface area contributed by atoms with Crippen molar-refractivity contribution in [3.63, 3.8) is 0 Å². The van der Waals surface area contributed by atoms with Gasteiger partial charge >= 0.3 is 0 Å². The number of aliphatic imine (C=N–C) groups is 1. The second kappa shape index (κ2) is 8.20. The number of nitrogens with two attached hydrogens (primary N) is 1.